The number of hydrogen-bond acceptors (Lipinski definition) is 2. The van der Waals surface area contributed by atoms with Crippen LogP contribution < -0.4 is 4.90 Å². The lowest BCUT2D eigenvalue weighted by Crippen LogP contribution is -2.31. The van der Waals surface area contributed by atoms with Crippen LogP contribution in [0.15, 0.2) is 36.9 Å². The minimum absolute atomic E-state index is 0.0760. The van der Waals surface area contributed by atoms with E-state index in [4.69, 9.17) is 4.74 Å². The molecule has 1 heterocycles. The van der Waals surface area contributed by atoms with Gasteiger partial charge in [0, 0.05) is 17.8 Å². The Balaban J connectivity index is 2.41. The highest BCUT2D eigenvalue weighted by Gasteiger charge is 2.18. The van der Waals surface area contributed by atoms with Crippen molar-refractivity contribution in [1.29, 1.82) is 0 Å². The van der Waals surface area contributed by atoms with Crippen molar-refractivity contribution in [2.75, 3.05) is 18.1 Å². The monoisotopic (exact) mass is 203 g/mol. The molecule has 2 rings (SSSR count). The Morgan fingerprint density at radius 3 is 3.07 bits per heavy atom. The largest absolute Gasteiger partial charge is 0.375 e. The van der Waals surface area contributed by atoms with Crippen LogP contribution >= 0.6 is 0 Å². The lowest BCUT2D eigenvalue weighted by molar-refractivity contribution is -0.114. The quantitative estimate of drug-likeness (QED) is 0.650. The van der Waals surface area contributed by atoms with Crippen LogP contribution in [0.3, 0.4) is 0 Å². The fourth-order valence-corrected chi connectivity index (χ4v) is 1.69. The van der Waals surface area contributed by atoms with Gasteiger partial charge in [0.05, 0.1) is 13.2 Å². The first-order valence-electron chi connectivity index (χ1n) is 4.92. The zero-order chi connectivity index (χ0) is 10.7. The highest BCUT2D eigenvalue weighted by atomic mass is 16.5. The number of anilines is 1. The van der Waals surface area contributed by atoms with Gasteiger partial charge in [-0.05, 0) is 12.1 Å². The van der Waals surface area contributed by atoms with Crippen LogP contribution in [0.1, 0.15) is 5.56 Å². The van der Waals surface area contributed by atoms with Gasteiger partial charge in [-0.15, -0.1) is 0 Å². The molecule has 3 heteroatoms. The van der Waals surface area contributed by atoms with Crippen molar-refractivity contribution in [3.05, 3.63) is 42.5 Å². The van der Waals surface area contributed by atoms with Gasteiger partial charge in [0.1, 0.15) is 0 Å². The van der Waals surface area contributed by atoms with Gasteiger partial charge < -0.3 is 9.64 Å². The number of amides is 1. The normalized spacial score (nSPS) is 15.3. The maximum atomic E-state index is 11.6. The van der Waals surface area contributed by atoms with Gasteiger partial charge in [-0.2, -0.15) is 0 Å². The Labute approximate surface area is 89.0 Å². The Kier molecular flexibility index (Phi) is 2.83. The summed E-state index contributed by atoms with van der Waals surface area (Å²) < 4.78 is 5.42. The summed E-state index contributed by atoms with van der Waals surface area (Å²) in [5.74, 6) is -0.0760. The van der Waals surface area contributed by atoms with E-state index in [1.807, 2.05) is 24.3 Å². The molecule has 0 saturated heterocycles. The number of fused-ring (bicyclic) bond motifs is 1. The summed E-state index contributed by atoms with van der Waals surface area (Å²) in [7, 11) is 0. The van der Waals surface area contributed by atoms with E-state index in [1.165, 1.54) is 6.08 Å². The molecule has 0 fully saturated rings. The van der Waals surface area contributed by atoms with Crippen LogP contribution in [0, 0.1) is 0 Å². The lowest BCUT2D eigenvalue weighted by Gasteiger charge is -2.20. The van der Waals surface area contributed by atoms with E-state index >= 15 is 0 Å². The van der Waals surface area contributed by atoms with Crippen molar-refractivity contribution in [2.45, 2.75) is 6.61 Å². The summed E-state index contributed by atoms with van der Waals surface area (Å²) in [4.78, 5) is 13.3. The van der Waals surface area contributed by atoms with Crippen molar-refractivity contribution < 1.29 is 9.53 Å². The van der Waals surface area contributed by atoms with Crippen LogP contribution in [0.2, 0.25) is 0 Å². The van der Waals surface area contributed by atoms with Crippen molar-refractivity contribution in [1.82, 2.24) is 0 Å². The van der Waals surface area contributed by atoms with E-state index in [0.29, 0.717) is 19.8 Å². The van der Waals surface area contributed by atoms with E-state index in [0.717, 1.165) is 11.3 Å². The SMILES string of the molecule is C=CC(=O)N1CCOCc2ccccc21. The second kappa shape index (κ2) is 4.28. The van der Waals surface area contributed by atoms with Crippen LogP contribution in [-0.2, 0) is 16.1 Å². The van der Waals surface area contributed by atoms with E-state index < -0.39 is 0 Å². The number of benzene rings is 1. The van der Waals surface area contributed by atoms with Crippen LogP contribution in [0.25, 0.3) is 0 Å². The molecule has 0 atom stereocenters. The number of nitrogens with zero attached hydrogens (tertiary/aromatic N) is 1. The number of rotatable bonds is 1. The van der Waals surface area contributed by atoms with E-state index in [-0.39, 0.29) is 5.91 Å². The van der Waals surface area contributed by atoms with Crippen LogP contribution in [0.5, 0.6) is 0 Å². The van der Waals surface area contributed by atoms with Gasteiger partial charge in [0.2, 0.25) is 5.91 Å². The smallest absolute Gasteiger partial charge is 0.250 e. The van der Waals surface area contributed by atoms with Gasteiger partial charge in [-0.3, -0.25) is 4.79 Å². The average molecular weight is 203 g/mol. The summed E-state index contributed by atoms with van der Waals surface area (Å²) in [6.07, 6.45) is 1.34. The number of hydrogen-bond donors (Lipinski definition) is 0. The number of ether oxygens (including phenoxy) is 1. The van der Waals surface area contributed by atoms with E-state index in [2.05, 4.69) is 6.58 Å². The summed E-state index contributed by atoms with van der Waals surface area (Å²) in [5, 5.41) is 0. The fraction of sp³-hybridized carbons (Fsp3) is 0.250. The molecule has 0 saturated carbocycles. The number of carbonyl (C=O) groups is 1. The summed E-state index contributed by atoms with van der Waals surface area (Å²) in [5.41, 5.74) is 1.98. The van der Waals surface area contributed by atoms with Crippen LogP contribution in [-0.4, -0.2) is 19.1 Å². The molecule has 1 amide bonds. The molecule has 3 nitrogen and oxygen atoms in total. The number of carbonyl (C=O) groups excluding carboxylic acids is 1. The first-order valence-corrected chi connectivity index (χ1v) is 4.92. The first-order chi connectivity index (χ1) is 7.33. The Hall–Kier alpha value is -1.61. The lowest BCUT2D eigenvalue weighted by atomic mass is 10.1. The molecule has 0 spiro atoms. The molecule has 0 N–H and O–H groups in total. The van der Waals surface area contributed by atoms with Crippen molar-refractivity contribution >= 4 is 11.6 Å². The number of para-hydroxylation sites is 1. The van der Waals surface area contributed by atoms with Gasteiger partial charge in [0.25, 0.3) is 0 Å². The predicted octanol–water partition coefficient (Wildman–Crippen LogP) is 1.74. The third-order valence-electron chi connectivity index (χ3n) is 2.44. The average Bonchev–Trinajstić information content (AvgIpc) is 2.50. The molecular formula is C12H13NO2. The molecule has 0 radical (unpaired) electrons. The van der Waals surface area contributed by atoms with Crippen molar-refractivity contribution in [2.24, 2.45) is 0 Å². The Bertz CT molecular complexity index is 387. The van der Waals surface area contributed by atoms with Gasteiger partial charge in [-0.25, -0.2) is 0 Å². The third-order valence-corrected chi connectivity index (χ3v) is 2.44. The standard InChI is InChI=1S/C12H13NO2/c1-2-12(14)13-7-8-15-9-10-5-3-4-6-11(10)13/h2-6H,1,7-9H2. The fourth-order valence-electron chi connectivity index (χ4n) is 1.69. The summed E-state index contributed by atoms with van der Waals surface area (Å²) >= 11 is 0. The van der Waals surface area contributed by atoms with Crippen molar-refractivity contribution in [3.63, 3.8) is 0 Å². The maximum absolute atomic E-state index is 11.6. The first kappa shape index (κ1) is 9.93. The second-order valence-electron chi connectivity index (χ2n) is 3.38. The Morgan fingerprint density at radius 2 is 2.27 bits per heavy atom. The predicted molar refractivity (Wildman–Crippen MR) is 58.6 cm³/mol. The molecular weight excluding hydrogens is 190 g/mol. The zero-order valence-electron chi connectivity index (χ0n) is 8.48. The van der Waals surface area contributed by atoms with Gasteiger partial charge >= 0.3 is 0 Å². The molecule has 1 aromatic rings. The molecule has 1 aliphatic heterocycles. The molecule has 0 aliphatic carbocycles. The van der Waals surface area contributed by atoms with Gasteiger partial charge in [0.15, 0.2) is 0 Å². The van der Waals surface area contributed by atoms with E-state index in [1.54, 1.807) is 4.90 Å². The van der Waals surface area contributed by atoms with Crippen molar-refractivity contribution in [3.8, 4) is 0 Å². The third kappa shape index (κ3) is 1.92. The highest BCUT2D eigenvalue weighted by molar-refractivity contribution is 6.01. The molecule has 1 aliphatic rings. The van der Waals surface area contributed by atoms with Gasteiger partial charge in [-0.1, -0.05) is 24.8 Å². The molecule has 0 bridgehead atoms. The minimum atomic E-state index is -0.0760. The molecule has 1 aromatic carbocycles. The summed E-state index contributed by atoms with van der Waals surface area (Å²) in [6.45, 7) is 5.22. The maximum Gasteiger partial charge on any atom is 0.250 e. The topological polar surface area (TPSA) is 29.5 Å². The zero-order valence-corrected chi connectivity index (χ0v) is 8.48. The molecule has 78 valence electrons. The highest BCUT2D eigenvalue weighted by Crippen LogP contribution is 2.23. The van der Waals surface area contributed by atoms with Crippen LogP contribution in [0.4, 0.5) is 5.69 Å². The van der Waals surface area contributed by atoms with E-state index in [9.17, 15) is 4.79 Å². The molecule has 15 heavy (non-hydrogen) atoms. The minimum Gasteiger partial charge on any atom is -0.375 e. The molecule has 0 aromatic heterocycles. The molecule has 0 unspecified atom stereocenters. The summed E-state index contributed by atoms with van der Waals surface area (Å²) in [6, 6.07) is 7.78. The second-order valence-corrected chi connectivity index (χ2v) is 3.38. The Morgan fingerprint density at radius 1 is 1.47 bits per heavy atom.